The van der Waals surface area contributed by atoms with Crippen LogP contribution in [0.1, 0.15) is 67.2 Å². The molecule has 7 nitrogen and oxygen atoms in total. The zero-order chi connectivity index (χ0) is 24.2. The van der Waals surface area contributed by atoms with Crippen LogP contribution < -0.4 is 0 Å². The summed E-state index contributed by atoms with van der Waals surface area (Å²) in [5, 5.41) is 10.9. The van der Waals surface area contributed by atoms with Crippen molar-refractivity contribution in [1.29, 1.82) is 0 Å². The van der Waals surface area contributed by atoms with Gasteiger partial charge >= 0.3 is 6.09 Å². The molecule has 2 heterocycles. The highest BCUT2D eigenvalue weighted by Gasteiger charge is 2.46. The van der Waals surface area contributed by atoms with Gasteiger partial charge in [0.15, 0.2) is 14.6 Å². The largest absolute Gasteiger partial charge is 0.444 e. The molecule has 8 heteroatoms. The second-order valence-corrected chi connectivity index (χ2v) is 16.1. The van der Waals surface area contributed by atoms with Gasteiger partial charge in [0.25, 0.3) is 0 Å². The number of aliphatic hydroxyl groups excluding tert-OH is 1. The highest BCUT2D eigenvalue weighted by Crippen LogP contribution is 2.39. The van der Waals surface area contributed by atoms with Gasteiger partial charge in [0, 0.05) is 13.2 Å². The molecule has 32 heavy (non-hydrogen) atoms. The highest BCUT2D eigenvalue weighted by atomic mass is 28.4. The molecular formula is C24H43NO6Si. The highest BCUT2D eigenvalue weighted by molar-refractivity contribution is 6.74. The molecule has 2 saturated heterocycles. The molecule has 2 rings (SSSR count). The molecule has 0 spiro atoms. The molecule has 0 radical (unpaired) electrons. The van der Waals surface area contributed by atoms with E-state index >= 15 is 0 Å². The number of ether oxygens (including phenoxy) is 3. The van der Waals surface area contributed by atoms with E-state index in [-0.39, 0.29) is 24.0 Å². The summed E-state index contributed by atoms with van der Waals surface area (Å²) in [6.07, 6.45) is 1.70. The fourth-order valence-corrected chi connectivity index (χ4v) is 4.91. The maximum Gasteiger partial charge on any atom is 0.410 e. The first-order chi connectivity index (χ1) is 14.7. The Labute approximate surface area is 195 Å². The fraction of sp³-hybridized carbons (Fsp3) is 0.875. The molecule has 0 aromatic heterocycles. The second kappa shape index (κ2) is 10.9. The summed E-state index contributed by atoms with van der Waals surface area (Å²) in [6, 6.07) is -0.488. The Morgan fingerprint density at radius 3 is 2.47 bits per heavy atom. The van der Waals surface area contributed by atoms with Gasteiger partial charge in [0.05, 0.1) is 12.1 Å². The Balaban J connectivity index is 2.06. The topological polar surface area (TPSA) is 77.5 Å². The van der Waals surface area contributed by atoms with Crippen LogP contribution in [-0.2, 0) is 18.6 Å². The monoisotopic (exact) mass is 469 g/mol. The lowest BCUT2D eigenvalue weighted by molar-refractivity contribution is -0.154. The Bertz CT molecular complexity index is 681. The molecule has 0 aromatic carbocycles. The first-order valence-electron chi connectivity index (χ1n) is 11.8. The molecule has 4 atom stereocenters. The standard InChI is InChI=1S/C24H43NO6Si/c1-23(2,3)30-22(27)25-17-18(31-32(7,8)24(4,5)6)16-19(25)20(26)12-11-15-29-21-13-9-10-14-28-21/h18-21,26H,9-10,13-17H2,1-8H3/t18-,19+,20?,21?/m1/s1. The van der Waals surface area contributed by atoms with Crippen LogP contribution in [0.25, 0.3) is 0 Å². The van der Waals surface area contributed by atoms with E-state index in [4.69, 9.17) is 18.6 Å². The average Bonchev–Trinajstić information content (AvgIpc) is 3.07. The number of hydrogen-bond acceptors (Lipinski definition) is 6. The van der Waals surface area contributed by atoms with Gasteiger partial charge in [-0.05, 0) is 64.6 Å². The van der Waals surface area contributed by atoms with Gasteiger partial charge in [0.1, 0.15) is 18.3 Å². The number of carbonyl (C=O) groups is 1. The third-order valence-electron chi connectivity index (χ3n) is 6.29. The smallest absolute Gasteiger partial charge is 0.410 e. The van der Waals surface area contributed by atoms with Crippen LogP contribution in [-0.4, -0.2) is 74.3 Å². The van der Waals surface area contributed by atoms with Gasteiger partial charge in [-0.15, -0.1) is 0 Å². The maximum atomic E-state index is 12.9. The normalized spacial score (nSPS) is 25.8. The third kappa shape index (κ3) is 8.03. The van der Waals surface area contributed by atoms with Gasteiger partial charge in [-0.2, -0.15) is 0 Å². The summed E-state index contributed by atoms with van der Waals surface area (Å²) in [5.41, 5.74) is -0.621. The molecule has 0 saturated carbocycles. The van der Waals surface area contributed by atoms with Crippen molar-refractivity contribution in [1.82, 2.24) is 4.90 Å². The van der Waals surface area contributed by atoms with Crippen molar-refractivity contribution >= 4 is 14.4 Å². The summed E-state index contributed by atoms with van der Waals surface area (Å²) in [7, 11) is -2.03. The summed E-state index contributed by atoms with van der Waals surface area (Å²) in [5.74, 6) is 5.75. The Morgan fingerprint density at radius 1 is 1.22 bits per heavy atom. The molecule has 0 bridgehead atoms. The molecular weight excluding hydrogens is 426 g/mol. The number of rotatable bonds is 5. The second-order valence-electron chi connectivity index (χ2n) is 11.3. The van der Waals surface area contributed by atoms with Crippen molar-refractivity contribution in [3.63, 3.8) is 0 Å². The van der Waals surface area contributed by atoms with Crippen LogP contribution in [0.5, 0.6) is 0 Å². The van der Waals surface area contributed by atoms with Crippen LogP contribution in [0.2, 0.25) is 18.1 Å². The van der Waals surface area contributed by atoms with Gasteiger partial charge in [-0.25, -0.2) is 4.79 Å². The van der Waals surface area contributed by atoms with Gasteiger partial charge in [0.2, 0.25) is 0 Å². The van der Waals surface area contributed by atoms with Gasteiger partial charge in [-0.1, -0.05) is 32.6 Å². The lowest BCUT2D eigenvalue weighted by Gasteiger charge is -2.38. The summed E-state index contributed by atoms with van der Waals surface area (Å²) < 4.78 is 23.3. The number of aliphatic hydroxyl groups is 1. The van der Waals surface area contributed by atoms with Crippen LogP contribution >= 0.6 is 0 Å². The maximum absolute atomic E-state index is 12.9. The quantitative estimate of drug-likeness (QED) is 0.478. The van der Waals surface area contributed by atoms with Gasteiger partial charge < -0.3 is 23.7 Å². The number of amides is 1. The van der Waals surface area contributed by atoms with E-state index < -0.39 is 32.2 Å². The van der Waals surface area contributed by atoms with E-state index in [9.17, 15) is 9.90 Å². The lowest BCUT2D eigenvalue weighted by atomic mass is 10.1. The van der Waals surface area contributed by atoms with E-state index in [1.54, 1.807) is 4.90 Å². The number of nitrogens with zero attached hydrogens (tertiary/aromatic N) is 1. The fourth-order valence-electron chi connectivity index (χ4n) is 3.55. The zero-order valence-electron chi connectivity index (χ0n) is 21.2. The van der Waals surface area contributed by atoms with E-state index in [1.807, 2.05) is 20.8 Å². The predicted molar refractivity (Wildman–Crippen MR) is 127 cm³/mol. The predicted octanol–water partition coefficient (Wildman–Crippen LogP) is 4.29. The molecule has 1 amide bonds. The van der Waals surface area contributed by atoms with E-state index in [1.165, 1.54) is 0 Å². The van der Waals surface area contributed by atoms with Crippen LogP contribution in [0.3, 0.4) is 0 Å². The lowest BCUT2D eigenvalue weighted by Crippen LogP contribution is -2.46. The molecule has 2 fully saturated rings. The van der Waals surface area contributed by atoms with Crippen molar-refractivity contribution in [2.75, 3.05) is 19.8 Å². The van der Waals surface area contributed by atoms with Crippen LogP contribution in [0.4, 0.5) is 4.79 Å². The van der Waals surface area contributed by atoms with Crippen LogP contribution in [0.15, 0.2) is 0 Å². The number of hydrogen-bond donors (Lipinski definition) is 1. The Kier molecular flexibility index (Phi) is 9.22. The Hall–Kier alpha value is -1.11. The number of likely N-dealkylation sites (tertiary alicyclic amines) is 1. The minimum absolute atomic E-state index is 0.0544. The van der Waals surface area contributed by atoms with Crippen molar-refractivity contribution in [2.24, 2.45) is 0 Å². The summed E-state index contributed by atoms with van der Waals surface area (Å²) >= 11 is 0. The van der Waals surface area contributed by atoms with Crippen LogP contribution in [0, 0.1) is 11.8 Å². The van der Waals surface area contributed by atoms with Crippen molar-refractivity contribution < 1.29 is 28.5 Å². The van der Waals surface area contributed by atoms with E-state index in [0.29, 0.717) is 19.6 Å². The summed E-state index contributed by atoms with van der Waals surface area (Å²) in [4.78, 5) is 14.5. The molecule has 1 N–H and O–H groups in total. The van der Waals surface area contributed by atoms with Gasteiger partial charge in [-0.3, -0.25) is 4.90 Å². The van der Waals surface area contributed by atoms with E-state index in [0.717, 1.165) is 19.3 Å². The third-order valence-corrected chi connectivity index (χ3v) is 10.8. The minimum Gasteiger partial charge on any atom is -0.444 e. The first-order valence-corrected chi connectivity index (χ1v) is 14.7. The van der Waals surface area contributed by atoms with E-state index in [2.05, 4.69) is 45.7 Å². The van der Waals surface area contributed by atoms with Crippen molar-refractivity contribution in [3.05, 3.63) is 0 Å². The van der Waals surface area contributed by atoms with Crippen molar-refractivity contribution in [2.45, 2.75) is 115 Å². The molecule has 2 aliphatic rings. The molecule has 0 aromatic rings. The zero-order valence-corrected chi connectivity index (χ0v) is 22.2. The number of carbonyl (C=O) groups excluding carboxylic acids is 1. The molecule has 184 valence electrons. The SMILES string of the molecule is CC(C)(C)OC(=O)N1C[C@H](O[Si](C)(C)C(C)(C)C)C[C@H]1C(O)C#CCOC1CCCCO1. The first kappa shape index (κ1) is 27.1. The molecule has 0 aliphatic carbocycles. The molecule has 2 unspecified atom stereocenters. The summed E-state index contributed by atoms with van der Waals surface area (Å²) in [6.45, 7) is 17.7. The average molecular weight is 470 g/mol. The minimum atomic E-state index is -2.03. The van der Waals surface area contributed by atoms with Crippen molar-refractivity contribution in [3.8, 4) is 11.8 Å². The Morgan fingerprint density at radius 2 is 1.91 bits per heavy atom. The molecule has 2 aliphatic heterocycles.